The summed E-state index contributed by atoms with van der Waals surface area (Å²) in [6.45, 7) is 5.21. The van der Waals surface area contributed by atoms with Crippen molar-refractivity contribution in [1.29, 1.82) is 0 Å². The van der Waals surface area contributed by atoms with Crippen LogP contribution < -0.4 is 26.0 Å². The van der Waals surface area contributed by atoms with Gasteiger partial charge in [0, 0.05) is 19.6 Å². The molecular formula is C32H40N6O7. The molecule has 2 aromatic carbocycles. The van der Waals surface area contributed by atoms with Crippen LogP contribution in [0.3, 0.4) is 0 Å². The number of rotatable bonds is 4. The zero-order valence-electron chi connectivity index (χ0n) is 25.7. The van der Waals surface area contributed by atoms with Crippen LogP contribution in [0.15, 0.2) is 54.6 Å². The smallest absolute Gasteiger partial charge is 0.255 e. The van der Waals surface area contributed by atoms with Crippen molar-refractivity contribution in [2.45, 2.75) is 51.9 Å². The average molecular weight is 621 g/mol. The number of ether oxygens (including phenoxy) is 1. The van der Waals surface area contributed by atoms with Crippen molar-refractivity contribution in [3.63, 3.8) is 0 Å². The summed E-state index contributed by atoms with van der Waals surface area (Å²) in [4.78, 5) is 82.4. The van der Waals surface area contributed by atoms with Gasteiger partial charge in [0.2, 0.25) is 29.5 Å². The largest absolute Gasteiger partial charge is 0.491 e. The van der Waals surface area contributed by atoms with Crippen LogP contribution in [0.4, 0.5) is 0 Å². The van der Waals surface area contributed by atoms with Gasteiger partial charge in [-0.2, -0.15) is 0 Å². The molecule has 0 radical (unpaired) electrons. The molecule has 0 spiro atoms. The molecule has 1 saturated heterocycles. The van der Waals surface area contributed by atoms with Gasteiger partial charge in [0.05, 0.1) is 31.1 Å². The van der Waals surface area contributed by atoms with E-state index in [4.69, 9.17) is 4.74 Å². The molecule has 45 heavy (non-hydrogen) atoms. The molecule has 0 aromatic heterocycles. The number of hydrogen-bond acceptors (Lipinski definition) is 7. The molecule has 3 atom stereocenters. The molecule has 2 aliphatic rings. The normalized spacial score (nSPS) is 22.3. The Kier molecular flexibility index (Phi) is 11.1. The lowest BCUT2D eigenvalue weighted by Gasteiger charge is -2.31. The Balaban J connectivity index is 1.71. The molecule has 240 valence electrons. The van der Waals surface area contributed by atoms with E-state index in [0.29, 0.717) is 0 Å². The standard InChI is InChI=1S/C32H40N6O7/c1-20(2)29-31(43)34-21(3)19-45-25-12-8-7-11-23(25)30(42)35-24(32(44)37-14-13-33-26(39)17-37)15-28(41)38(18-27(40)36-29)16-22-9-5-4-6-10-22/h4-12,20-21,24,29H,13-19H2,1-3H3,(H,33,39)(H,34,43)(H,35,42)(H,36,40)/t21-,24-,29+/m0/s1. The molecule has 2 aromatic rings. The van der Waals surface area contributed by atoms with Crippen molar-refractivity contribution in [1.82, 2.24) is 31.1 Å². The highest BCUT2D eigenvalue weighted by atomic mass is 16.5. The van der Waals surface area contributed by atoms with E-state index < -0.39 is 60.6 Å². The van der Waals surface area contributed by atoms with Crippen LogP contribution in [0.25, 0.3) is 0 Å². The van der Waals surface area contributed by atoms with Gasteiger partial charge in [-0.05, 0) is 30.5 Å². The van der Waals surface area contributed by atoms with E-state index in [1.807, 2.05) is 6.07 Å². The summed E-state index contributed by atoms with van der Waals surface area (Å²) in [7, 11) is 0. The maximum atomic E-state index is 13.9. The minimum absolute atomic E-state index is 0.0172. The highest BCUT2D eigenvalue weighted by Gasteiger charge is 2.34. The molecule has 2 heterocycles. The molecule has 4 rings (SSSR count). The number of carbonyl (C=O) groups is 6. The fourth-order valence-electron chi connectivity index (χ4n) is 5.12. The quantitative estimate of drug-likeness (QED) is 0.379. The SMILES string of the molecule is CC(C)[C@H]1NC(=O)CN(Cc2ccccc2)C(=O)C[C@@H](C(=O)N2CCNC(=O)C2)NC(=O)c2ccccc2OC[C@H](C)NC1=O. The summed E-state index contributed by atoms with van der Waals surface area (Å²) >= 11 is 0. The lowest BCUT2D eigenvalue weighted by molar-refractivity contribution is -0.143. The lowest BCUT2D eigenvalue weighted by Crippen LogP contribution is -2.57. The van der Waals surface area contributed by atoms with Crippen LogP contribution in [-0.2, 0) is 30.5 Å². The molecule has 0 aliphatic carbocycles. The van der Waals surface area contributed by atoms with Gasteiger partial charge in [0.1, 0.15) is 24.4 Å². The second kappa shape index (κ2) is 15.2. The molecule has 13 heteroatoms. The molecule has 0 unspecified atom stereocenters. The minimum Gasteiger partial charge on any atom is -0.491 e. The number of benzene rings is 2. The number of amides is 6. The van der Waals surface area contributed by atoms with Crippen LogP contribution in [0, 0.1) is 5.92 Å². The average Bonchev–Trinajstić information content (AvgIpc) is 3.01. The van der Waals surface area contributed by atoms with Crippen molar-refractivity contribution in [2.24, 2.45) is 5.92 Å². The van der Waals surface area contributed by atoms with Crippen LogP contribution in [0.1, 0.15) is 43.1 Å². The minimum atomic E-state index is -1.34. The van der Waals surface area contributed by atoms with Gasteiger partial charge < -0.3 is 35.8 Å². The van der Waals surface area contributed by atoms with Gasteiger partial charge in [-0.15, -0.1) is 0 Å². The van der Waals surface area contributed by atoms with Crippen molar-refractivity contribution in [3.8, 4) is 5.75 Å². The number of carbonyl (C=O) groups excluding carboxylic acids is 6. The summed E-state index contributed by atoms with van der Waals surface area (Å²) in [5.41, 5.74) is 0.863. The summed E-state index contributed by atoms with van der Waals surface area (Å²) in [5.74, 6) is -3.22. The first-order valence-corrected chi connectivity index (χ1v) is 15.0. The maximum absolute atomic E-state index is 13.9. The van der Waals surface area contributed by atoms with Crippen LogP contribution in [0.2, 0.25) is 0 Å². The number of para-hydroxylation sites is 1. The van der Waals surface area contributed by atoms with Gasteiger partial charge in [0.25, 0.3) is 5.91 Å². The second-order valence-corrected chi connectivity index (χ2v) is 11.6. The van der Waals surface area contributed by atoms with E-state index in [9.17, 15) is 28.8 Å². The highest BCUT2D eigenvalue weighted by molar-refractivity contribution is 6.01. The molecule has 6 amide bonds. The number of piperazine rings is 1. The first-order chi connectivity index (χ1) is 21.5. The van der Waals surface area contributed by atoms with Gasteiger partial charge >= 0.3 is 0 Å². The third-order valence-corrected chi connectivity index (χ3v) is 7.51. The fraction of sp³-hybridized carbons (Fsp3) is 0.438. The zero-order valence-corrected chi connectivity index (χ0v) is 25.7. The summed E-state index contributed by atoms with van der Waals surface area (Å²) < 4.78 is 5.91. The van der Waals surface area contributed by atoms with Crippen molar-refractivity contribution in [2.75, 3.05) is 32.8 Å². The van der Waals surface area contributed by atoms with Crippen LogP contribution in [0.5, 0.6) is 5.75 Å². The first kappa shape index (κ1) is 33.0. The van der Waals surface area contributed by atoms with Gasteiger partial charge in [-0.25, -0.2) is 0 Å². The van der Waals surface area contributed by atoms with E-state index in [1.165, 1.54) is 15.9 Å². The third-order valence-electron chi connectivity index (χ3n) is 7.51. The topological polar surface area (TPSA) is 166 Å². The third kappa shape index (κ3) is 9.03. The van der Waals surface area contributed by atoms with Crippen LogP contribution in [-0.4, -0.2) is 96.2 Å². The Labute approximate surface area is 262 Å². The summed E-state index contributed by atoms with van der Waals surface area (Å²) in [5, 5.41) is 10.9. The molecule has 13 nitrogen and oxygen atoms in total. The van der Waals surface area contributed by atoms with E-state index in [0.717, 1.165) is 5.56 Å². The number of nitrogens with one attached hydrogen (secondary N) is 4. The number of fused-ring (bicyclic) bond motifs is 1. The van der Waals surface area contributed by atoms with Crippen LogP contribution >= 0.6 is 0 Å². The molecule has 2 aliphatic heterocycles. The summed E-state index contributed by atoms with van der Waals surface area (Å²) in [6, 6.07) is 12.7. The van der Waals surface area contributed by atoms with E-state index in [-0.39, 0.29) is 55.9 Å². The van der Waals surface area contributed by atoms with Crippen molar-refractivity contribution >= 4 is 35.4 Å². The Hall–Kier alpha value is -4.94. The predicted molar refractivity (Wildman–Crippen MR) is 164 cm³/mol. The highest BCUT2D eigenvalue weighted by Crippen LogP contribution is 2.19. The maximum Gasteiger partial charge on any atom is 0.255 e. The Bertz CT molecular complexity index is 1420. The van der Waals surface area contributed by atoms with E-state index in [1.54, 1.807) is 63.2 Å². The zero-order chi connectivity index (χ0) is 32.5. The predicted octanol–water partition coefficient (Wildman–Crippen LogP) is 0.200. The van der Waals surface area contributed by atoms with Gasteiger partial charge in [0.15, 0.2) is 0 Å². The fourth-order valence-corrected chi connectivity index (χ4v) is 5.12. The molecular weight excluding hydrogens is 580 g/mol. The lowest BCUT2D eigenvalue weighted by atomic mass is 10.0. The summed E-state index contributed by atoms with van der Waals surface area (Å²) in [6.07, 6.45) is -0.475. The monoisotopic (exact) mass is 620 g/mol. The Morgan fingerprint density at radius 3 is 2.33 bits per heavy atom. The Morgan fingerprint density at radius 2 is 1.62 bits per heavy atom. The molecule has 0 bridgehead atoms. The molecule has 0 saturated carbocycles. The van der Waals surface area contributed by atoms with Gasteiger partial charge in [-0.1, -0.05) is 56.3 Å². The van der Waals surface area contributed by atoms with Gasteiger partial charge in [-0.3, -0.25) is 28.8 Å². The van der Waals surface area contributed by atoms with E-state index in [2.05, 4.69) is 21.3 Å². The Morgan fingerprint density at radius 1 is 0.911 bits per heavy atom. The molecule has 4 N–H and O–H groups in total. The number of hydrogen-bond donors (Lipinski definition) is 4. The van der Waals surface area contributed by atoms with E-state index >= 15 is 0 Å². The second-order valence-electron chi connectivity index (χ2n) is 11.6. The van der Waals surface area contributed by atoms with Crippen molar-refractivity contribution < 1.29 is 33.5 Å². The number of nitrogens with zero attached hydrogens (tertiary/aromatic N) is 2. The first-order valence-electron chi connectivity index (χ1n) is 15.0. The molecule has 1 fully saturated rings. The van der Waals surface area contributed by atoms with Crippen molar-refractivity contribution in [3.05, 3.63) is 65.7 Å².